The lowest BCUT2D eigenvalue weighted by molar-refractivity contribution is 1.18. The molecule has 0 aliphatic rings. The number of hydrogen-bond donors (Lipinski definition) is 0. The molecule has 0 saturated heterocycles. The highest BCUT2D eigenvalue weighted by molar-refractivity contribution is 6.11. The van der Waals surface area contributed by atoms with Crippen molar-refractivity contribution in [2.45, 2.75) is 0 Å². The number of rotatable bonds is 4. The van der Waals surface area contributed by atoms with E-state index in [4.69, 9.17) is 0 Å². The highest BCUT2D eigenvalue weighted by Crippen LogP contribution is 2.41. The third-order valence-corrected chi connectivity index (χ3v) is 9.65. The van der Waals surface area contributed by atoms with Crippen molar-refractivity contribution in [1.82, 2.24) is 9.13 Å². The van der Waals surface area contributed by atoms with Gasteiger partial charge in [-0.2, -0.15) is 15.8 Å². The standard InChI is InChI=1S/C45H25N5/c46-26-29-17-22-45-40(23-29)37-12-4-5-13-41(37)49(45)33-20-18-30(19-21-33)38-24-31(27-47)32(28-48)25-39(38)36-11-3-8-16-44(36)50-42-14-6-1-9-34(42)35-10-2-7-15-43(35)50/h1-25H. The molecule has 0 bridgehead atoms. The van der Waals surface area contributed by atoms with Crippen LogP contribution < -0.4 is 0 Å². The first kappa shape index (κ1) is 28.8. The first-order chi connectivity index (χ1) is 24.7. The van der Waals surface area contributed by atoms with Crippen LogP contribution in [0.25, 0.3) is 77.2 Å². The molecule has 0 fully saturated rings. The molecule has 0 saturated carbocycles. The van der Waals surface area contributed by atoms with E-state index < -0.39 is 0 Å². The Balaban J connectivity index is 1.26. The van der Waals surface area contributed by atoms with E-state index in [2.05, 4.69) is 124 Å². The predicted octanol–water partition coefficient (Wildman–Crippen LogP) is 10.8. The zero-order valence-electron chi connectivity index (χ0n) is 26.7. The molecule has 5 heteroatoms. The Bertz CT molecular complexity index is 2900. The predicted molar refractivity (Wildman–Crippen MR) is 200 cm³/mol. The summed E-state index contributed by atoms with van der Waals surface area (Å²) in [6, 6.07) is 58.0. The van der Waals surface area contributed by atoms with Gasteiger partial charge in [-0.3, -0.25) is 0 Å². The zero-order chi connectivity index (χ0) is 33.8. The molecule has 9 aromatic rings. The molecule has 0 amide bonds. The molecule has 50 heavy (non-hydrogen) atoms. The van der Waals surface area contributed by atoms with E-state index in [0.717, 1.165) is 66.5 Å². The zero-order valence-corrected chi connectivity index (χ0v) is 26.7. The molecule has 0 aliphatic carbocycles. The van der Waals surface area contributed by atoms with Gasteiger partial charge in [0.15, 0.2) is 0 Å². The normalized spacial score (nSPS) is 11.1. The summed E-state index contributed by atoms with van der Waals surface area (Å²) in [5.74, 6) is 0. The quantitative estimate of drug-likeness (QED) is 0.193. The van der Waals surface area contributed by atoms with E-state index in [1.807, 2.05) is 54.6 Å². The third-order valence-electron chi connectivity index (χ3n) is 9.65. The van der Waals surface area contributed by atoms with Crippen LogP contribution in [0.4, 0.5) is 0 Å². The Morgan fingerprint density at radius 2 is 0.900 bits per heavy atom. The average Bonchev–Trinajstić information content (AvgIpc) is 3.70. The smallest absolute Gasteiger partial charge is 0.101 e. The number of hydrogen-bond acceptors (Lipinski definition) is 3. The average molecular weight is 636 g/mol. The first-order valence-electron chi connectivity index (χ1n) is 16.3. The Hall–Kier alpha value is -7.39. The molecule has 0 spiro atoms. The summed E-state index contributed by atoms with van der Waals surface area (Å²) >= 11 is 0. The minimum absolute atomic E-state index is 0.334. The van der Waals surface area contributed by atoms with Gasteiger partial charge in [-0.1, -0.05) is 84.9 Å². The van der Waals surface area contributed by atoms with Crippen molar-refractivity contribution in [2.24, 2.45) is 0 Å². The molecular formula is C45H25N5. The van der Waals surface area contributed by atoms with Gasteiger partial charge in [0.1, 0.15) is 12.1 Å². The number of benzene rings is 7. The molecule has 5 nitrogen and oxygen atoms in total. The van der Waals surface area contributed by atoms with E-state index in [1.54, 1.807) is 0 Å². The number of para-hydroxylation sites is 4. The lowest BCUT2D eigenvalue weighted by atomic mass is 9.89. The van der Waals surface area contributed by atoms with Crippen molar-refractivity contribution in [3.8, 4) is 51.8 Å². The third kappa shape index (κ3) is 4.31. The van der Waals surface area contributed by atoms with Crippen molar-refractivity contribution in [3.05, 3.63) is 168 Å². The Labute approximate surface area is 287 Å². The molecule has 230 valence electrons. The molecule has 7 aromatic carbocycles. The number of nitriles is 3. The highest BCUT2D eigenvalue weighted by Gasteiger charge is 2.20. The summed E-state index contributed by atoms with van der Waals surface area (Å²) in [4.78, 5) is 0. The van der Waals surface area contributed by atoms with Crippen molar-refractivity contribution >= 4 is 43.6 Å². The summed E-state index contributed by atoms with van der Waals surface area (Å²) in [6.45, 7) is 0. The summed E-state index contributed by atoms with van der Waals surface area (Å²) < 4.78 is 4.50. The maximum absolute atomic E-state index is 10.1. The molecule has 2 heterocycles. The van der Waals surface area contributed by atoms with E-state index >= 15 is 0 Å². The van der Waals surface area contributed by atoms with Crippen LogP contribution >= 0.6 is 0 Å². The van der Waals surface area contributed by atoms with Crippen LogP contribution in [-0.2, 0) is 0 Å². The molecule has 0 atom stereocenters. The van der Waals surface area contributed by atoms with E-state index in [1.165, 1.54) is 10.8 Å². The van der Waals surface area contributed by atoms with Crippen molar-refractivity contribution in [3.63, 3.8) is 0 Å². The molecular weight excluding hydrogens is 611 g/mol. The lowest BCUT2D eigenvalue weighted by Crippen LogP contribution is -1.99. The van der Waals surface area contributed by atoms with Crippen LogP contribution in [0.15, 0.2) is 152 Å². The maximum Gasteiger partial charge on any atom is 0.101 e. The maximum atomic E-state index is 10.1. The molecule has 2 aromatic heterocycles. The number of fused-ring (bicyclic) bond motifs is 6. The second-order valence-electron chi connectivity index (χ2n) is 12.3. The van der Waals surface area contributed by atoms with Gasteiger partial charge in [-0.15, -0.1) is 0 Å². The summed E-state index contributed by atoms with van der Waals surface area (Å²) in [5, 5.41) is 34.3. The van der Waals surface area contributed by atoms with E-state index in [9.17, 15) is 15.8 Å². The summed E-state index contributed by atoms with van der Waals surface area (Å²) in [6.07, 6.45) is 0. The molecule has 0 aliphatic heterocycles. The fourth-order valence-electron chi connectivity index (χ4n) is 7.44. The van der Waals surface area contributed by atoms with Gasteiger partial charge in [-0.25, -0.2) is 0 Å². The Morgan fingerprint density at radius 3 is 1.52 bits per heavy atom. The van der Waals surface area contributed by atoms with Gasteiger partial charge in [0.25, 0.3) is 0 Å². The summed E-state index contributed by atoms with van der Waals surface area (Å²) in [7, 11) is 0. The van der Waals surface area contributed by atoms with Gasteiger partial charge in [0.2, 0.25) is 0 Å². The van der Waals surface area contributed by atoms with E-state index in [0.29, 0.717) is 16.7 Å². The van der Waals surface area contributed by atoms with Crippen molar-refractivity contribution in [1.29, 1.82) is 15.8 Å². The number of nitrogens with zero attached hydrogens (tertiary/aromatic N) is 5. The highest BCUT2D eigenvalue weighted by atomic mass is 15.0. The SMILES string of the molecule is N#Cc1ccc2c(c1)c1ccccc1n2-c1ccc(-c2cc(C#N)c(C#N)cc2-c2ccccc2-n2c3ccccc3c3ccccc32)cc1. The van der Waals surface area contributed by atoms with Crippen LogP contribution in [-0.4, -0.2) is 9.13 Å². The second-order valence-corrected chi connectivity index (χ2v) is 12.3. The topological polar surface area (TPSA) is 81.2 Å². The Kier molecular flexibility index (Phi) is 6.56. The minimum atomic E-state index is 0.334. The minimum Gasteiger partial charge on any atom is -0.309 e. The van der Waals surface area contributed by atoms with Crippen molar-refractivity contribution in [2.75, 3.05) is 0 Å². The van der Waals surface area contributed by atoms with Crippen LogP contribution in [0.5, 0.6) is 0 Å². The number of aromatic nitrogens is 2. The molecule has 0 N–H and O–H groups in total. The van der Waals surface area contributed by atoms with Gasteiger partial charge >= 0.3 is 0 Å². The van der Waals surface area contributed by atoms with Gasteiger partial charge in [-0.05, 0) is 83.4 Å². The largest absolute Gasteiger partial charge is 0.309 e. The summed E-state index contributed by atoms with van der Waals surface area (Å²) in [5.41, 5.74) is 11.1. The second kappa shape index (κ2) is 11.4. The fourth-order valence-corrected chi connectivity index (χ4v) is 7.44. The Morgan fingerprint density at radius 1 is 0.380 bits per heavy atom. The fraction of sp³-hybridized carbons (Fsp3) is 0. The first-order valence-corrected chi connectivity index (χ1v) is 16.3. The molecule has 0 unspecified atom stereocenters. The van der Waals surface area contributed by atoms with Crippen LogP contribution in [0, 0.1) is 34.0 Å². The van der Waals surface area contributed by atoms with Crippen LogP contribution in [0.2, 0.25) is 0 Å². The van der Waals surface area contributed by atoms with Gasteiger partial charge in [0, 0.05) is 32.8 Å². The van der Waals surface area contributed by atoms with Crippen LogP contribution in [0.3, 0.4) is 0 Å². The molecule has 0 radical (unpaired) electrons. The lowest BCUT2D eigenvalue weighted by Gasteiger charge is -2.18. The van der Waals surface area contributed by atoms with Gasteiger partial charge < -0.3 is 9.13 Å². The van der Waals surface area contributed by atoms with Gasteiger partial charge in [0.05, 0.1) is 50.5 Å². The van der Waals surface area contributed by atoms with E-state index in [-0.39, 0.29) is 0 Å². The van der Waals surface area contributed by atoms with Crippen molar-refractivity contribution < 1.29 is 0 Å². The van der Waals surface area contributed by atoms with Crippen LogP contribution in [0.1, 0.15) is 16.7 Å². The monoisotopic (exact) mass is 635 g/mol. The molecule has 9 rings (SSSR count).